The lowest BCUT2D eigenvalue weighted by atomic mass is 10.1. The van der Waals surface area contributed by atoms with E-state index in [-0.39, 0.29) is 79.3 Å². The van der Waals surface area contributed by atoms with Crippen molar-refractivity contribution in [3.63, 3.8) is 0 Å². The molecule has 0 unspecified atom stereocenters. The molecule has 22 heteroatoms. The summed E-state index contributed by atoms with van der Waals surface area (Å²) >= 11 is 24.4. The molecule has 5 N–H and O–H groups in total. The summed E-state index contributed by atoms with van der Waals surface area (Å²) in [7, 11) is 0. The maximum Gasteiger partial charge on any atom is 0.416 e. The Kier molecular flexibility index (Phi) is 18.4. The molecule has 340 valence electrons. The monoisotopic (exact) mass is 969 g/mol. The van der Waals surface area contributed by atoms with Crippen molar-refractivity contribution in [1.82, 2.24) is 5.32 Å². The van der Waals surface area contributed by atoms with Crippen LogP contribution in [0.4, 0.5) is 37.7 Å². The third-order valence-corrected chi connectivity index (χ3v) is 9.19. The zero-order valence-corrected chi connectivity index (χ0v) is 36.3. The number of alkyl halides is 6. The van der Waals surface area contributed by atoms with Crippen LogP contribution < -0.4 is 25.4 Å². The number of anilines is 2. The molecule has 0 spiro atoms. The third kappa shape index (κ3) is 16.3. The number of aliphatic carboxylic acids is 2. The molecular weight excluding hydrogens is 934 g/mol. The molecule has 0 aromatic heterocycles. The fourth-order valence-electron chi connectivity index (χ4n) is 5.02. The van der Waals surface area contributed by atoms with Crippen molar-refractivity contribution >= 4 is 87.4 Å². The van der Waals surface area contributed by atoms with Gasteiger partial charge in [-0.3, -0.25) is 24.0 Å². The Balaban J connectivity index is 0.000000337. The van der Waals surface area contributed by atoms with E-state index in [1.807, 2.05) is 0 Å². The van der Waals surface area contributed by atoms with Crippen molar-refractivity contribution in [2.45, 2.75) is 59.7 Å². The zero-order chi connectivity index (χ0) is 47.6. The number of carboxylic acid groups (broad SMARTS) is 2. The van der Waals surface area contributed by atoms with E-state index < -0.39 is 71.5 Å². The molecule has 0 radical (unpaired) electrons. The Morgan fingerprint density at radius 2 is 0.952 bits per heavy atom. The number of amides is 3. The van der Waals surface area contributed by atoms with Gasteiger partial charge in [-0.15, -0.1) is 0 Å². The predicted molar refractivity (Wildman–Crippen MR) is 223 cm³/mol. The van der Waals surface area contributed by atoms with Gasteiger partial charge in [-0.05, 0) is 77.4 Å². The number of ether oxygens (including phenoxy) is 2. The lowest BCUT2D eigenvalue weighted by molar-refractivity contribution is -0.138. The van der Waals surface area contributed by atoms with E-state index in [1.54, 1.807) is 27.7 Å². The second kappa shape index (κ2) is 22.3. The van der Waals surface area contributed by atoms with E-state index in [4.69, 9.17) is 66.1 Å². The number of benzene rings is 4. The fraction of sp³-hybridized carbons (Fsp3) is 0.293. The molecule has 0 heterocycles. The van der Waals surface area contributed by atoms with Gasteiger partial charge in [-0.1, -0.05) is 74.1 Å². The largest absolute Gasteiger partial charge is 0.486 e. The highest BCUT2D eigenvalue weighted by molar-refractivity contribution is 6.38. The van der Waals surface area contributed by atoms with Crippen LogP contribution in [0.3, 0.4) is 0 Å². The minimum atomic E-state index is -4.66. The minimum absolute atomic E-state index is 0.0117. The van der Waals surface area contributed by atoms with E-state index in [9.17, 15) is 50.3 Å². The molecule has 0 aliphatic carbocycles. The minimum Gasteiger partial charge on any atom is -0.486 e. The first kappa shape index (κ1) is 51.9. The molecule has 0 saturated carbocycles. The van der Waals surface area contributed by atoms with Crippen molar-refractivity contribution in [2.24, 2.45) is 11.8 Å². The molecule has 4 aromatic rings. The Labute approximate surface area is 375 Å². The average molecular weight is 972 g/mol. The van der Waals surface area contributed by atoms with Crippen LogP contribution >= 0.6 is 46.4 Å². The van der Waals surface area contributed by atoms with E-state index in [0.717, 1.165) is 24.3 Å². The van der Waals surface area contributed by atoms with Gasteiger partial charge in [0.05, 0.1) is 37.6 Å². The van der Waals surface area contributed by atoms with Gasteiger partial charge in [0.15, 0.2) is 11.5 Å². The van der Waals surface area contributed by atoms with Crippen molar-refractivity contribution in [1.29, 1.82) is 0 Å². The fourth-order valence-corrected chi connectivity index (χ4v) is 6.26. The lowest BCUT2D eigenvalue weighted by Crippen LogP contribution is -2.29. The van der Waals surface area contributed by atoms with Crippen molar-refractivity contribution < 1.29 is 70.0 Å². The number of carboxylic acids is 2. The summed E-state index contributed by atoms with van der Waals surface area (Å²) in [6, 6.07) is 11.2. The maximum absolute atomic E-state index is 13.3. The Hall–Kier alpha value is -5.43. The SMILES string of the molecule is CC(C)C(=O)Nc1cc(COc2c(Cl)cc(C(=O)NCC(=O)O)cc2Cl)cc(C(F)(F)F)c1.CC(C)C(=O)Nc1cc(COc2c(Cl)cc(CC(=O)O)cc2Cl)cc(C(F)(F)F)c1. The quantitative estimate of drug-likeness (QED) is 0.0725. The van der Waals surface area contributed by atoms with E-state index in [2.05, 4.69) is 16.0 Å². The number of hydrogen-bond acceptors (Lipinski definition) is 7. The van der Waals surface area contributed by atoms with Gasteiger partial charge in [-0.2, -0.15) is 26.3 Å². The number of rotatable bonds is 15. The van der Waals surface area contributed by atoms with Gasteiger partial charge in [0.2, 0.25) is 11.8 Å². The summed E-state index contributed by atoms with van der Waals surface area (Å²) in [5, 5.41) is 24.3. The lowest BCUT2D eigenvalue weighted by Gasteiger charge is -2.16. The number of carbonyl (C=O) groups is 5. The van der Waals surface area contributed by atoms with Crippen molar-refractivity contribution in [2.75, 3.05) is 17.2 Å². The van der Waals surface area contributed by atoms with Gasteiger partial charge in [-0.25, -0.2) is 0 Å². The molecular formula is C41H37Cl4F6N3O9. The van der Waals surface area contributed by atoms with Crippen LogP contribution in [0.2, 0.25) is 20.1 Å². The standard InChI is InChI=1S/C21H19Cl2F3N2O5.C20H18Cl2F3NO4/c1-10(2)19(31)28-14-4-11(3-13(7-14)21(24,25)26)9-33-18-15(22)5-12(6-16(18)23)20(32)27-8-17(29)30;1-10(2)19(29)26-14-4-12(3-13(8-14)20(23,24)25)9-30-18-15(21)5-11(6-16(18)22)7-17(27)28/h3-7,10H,8-9H2,1-2H3,(H,27,32)(H,28,31)(H,29,30);3-6,8,10H,7,9H2,1-2H3,(H,26,29)(H,27,28). The summed E-state index contributed by atoms with van der Waals surface area (Å²) in [6.07, 6.45) is -9.58. The highest BCUT2D eigenvalue weighted by atomic mass is 35.5. The molecule has 0 aliphatic rings. The summed E-state index contributed by atoms with van der Waals surface area (Å²) < 4.78 is 90.6. The molecule has 4 aromatic carbocycles. The van der Waals surface area contributed by atoms with Gasteiger partial charge >= 0.3 is 24.3 Å². The van der Waals surface area contributed by atoms with Crippen molar-refractivity contribution in [3.05, 3.63) is 114 Å². The second-order valence-corrected chi connectivity index (χ2v) is 15.6. The van der Waals surface area contributed by atoms with Gasteiger partial charge in [0.25, 0.3) is 5.91 Å². The highest BCUT2D eigenvalue weighted by Crippen LogP contribution is 2.38. The summed E-state index contributed by atoms with van der Waals surface area (Å²) in [5.74, 6) is -4.87. The smallest absolute Gasteiger partial charge is 0.416 e. The van der Waals surface area contributed by atoms with Crippen molar-refractivity contribution in [3.8, 4) is 11.5 Å². The molecule has 12 nitrogen and oxygen atoms in total. The van der Waals surface area contributed by atoms with E-state index in [0.29, 0.717) is 5.56 Å². The predicted octanol–water partition coefficient (Wildman–Crippen LogP) is 10.8. The van der Waals surface area contributed by atoms with Crippen LogP contribution in [0.25, 0.3) is 0 Å². The Bertz CT molecular complexity index is 2310. The third-order valence-electron chi connectivity index (χ3n) is 8.06. The number of carbonyl (C=O) groups excluding carboxylic acids is 3. The molecule has 0 saturated heterocycles. The number of hydrogen-bond donors (Lipinski definition) is 5. The Morgan fingerprint density at radius 3 is 1.29 bits per heavy atom. The highest BCUT2D eigenvalue weighted by Gasteiger charge is 2.33. The number of halogens is 10. The molecule has 0 atom stereocenters. The van der Waals surface area contributed by atoms with E-state index >= 15 is 0 Å². The second-order valence-electron chi connectivity index (χ2n) is 14.0. The first-order valence-corrected chi connectivity index (χ1v) is 19.6. The van der Waals surface area contributed by atoms with Crippen LogP contribution in [0.15, 0.2) is 60.7 Å². The summed E-state index contributed by atoms with van der Waals surface area (Å²) in [4.78, 5) is 57.1. The van der Waals surface area contributed by atoms with Gasteiger partial charge in [0.1, 0.15) is 19.8 Å². The van der Waals surface area contributed by atoms with E-state index in [1.165, 1.54) is 36.4 Å². The van der Waals surface area contributed by atoms with Crippen LogP contribution in [0, 0.1) is 11.8 Å². The maximum atomic E-state index is 13.3. The molecule has 0 bridgehead atoms. The average Bonchev–Trinajstić information content (AvgIpc) is 3.15. The Morgan fingerprint density at radius 1 is 0.571 bits per heavy atom. The van der Waals surface area contributed by atoms with Gasteiger partial charge in [0, 0.05) is 28.8 Å². The molecule has 0 fully saturated rings. The first-order chi connectivity index (χ1) is 29.1. The molecule has 63 heavy (non-hydrogen) atoms. The topological polar surface area (TPSA) is 180 Å². The van der Waals surface area contributed by atoms with Crippen LogP contribution in [0.5, 0.6) is 11.5 Å². The molecule has 3 amide bonds. The van der Waals surface area contributed by atoms with Crippen LogP contribution in [-0.4, -0.2) is 46.4 Å². The van der Waals surface area contributed by atoms with Gasteiger partial charge < -0.3 is 35.6 Å². The number of nitrogens with one attached hydrogen (secondary N) is 3. The van der Waals surface area contributed by atoms with Crippen LogP contribution in [-0.2, 0) is 51.2 Å². The summed E-state index contributed by atoms with van der Waals surface area (Å²) in [6.45, 7) is 5.13. The van der Waals surface area contributed by atoms with Crippen LogP contribution in [0.1, 0.15) is 65.9 Å². The normalized spacial score (nSPS) is 11.4. The first-order valence-electron chi connectivity index (χ1n) is 18.1. The molecule has 4 rings (SSSR count). The molecule has 0 aliphatic heterocycles. The summed E-state index contributed by atoms with van der Waals surface area (Å²) in [5.41, 5.74) is -1.47. The zero-order valence-electron chi connectivity index (χ0n) is 33.3.